The van der Waals surface area contributed by atoms with Crippen LogP contribution in [0, 0.1) is 6.92 Å². The Bertz CT molecular complexity index is 289. The summed E-state index contributed by atoms with van der Waals surface area (Å²) in [6.45, 7) is 2.01. The Hall–Kier alpha value is -0.310. The summed E-state index contributed by atoms with van der Waals surface area (Å²) in [5.41, 5.74) is 2.31. The molecule has 0 radical (unpaired) electrons. The SMILES string of the molecule is Cc1noc(C2CCCC2)c1CBr. The minimum atomic E-state index is 0.633. The Morgan fingerprint density at radius 1 is 1.46 bits per heavy atom. The molecule has 1 saturated carbocycles. The van der Waals surface area contributed by atoms with Gasteiger partial charge in [0.1, 0.15) is 5.76 Å². The van der Waals surface area contributed by atoms with Crippen molar-refractivity contribution in [3.8, 4) is 0 Å². The van der Waals surface area contributed by atoms with Gasteiger partial charge in [-0.25, -0.2) is 0 Å². The van der Waals surface area contributed by atoms with Gasteiger partial charge >= 0.3 is 0 Å². The lowest BCUT2D eigenvalue weighted by Crippen LogP contribution is -1.94. The summed E-state index contributed by atoms with van der Waals surface area (Å²) >= 11 is 3.49. The Kier molecular flexibility index (Phi) is 2.72. The van der Waals surface area contributed by atoms with E-state index >= 15 is 0 Å². The van der Waals surface area contributed by atoms with Crippen LogP contribution in [0.1, 0.15) is 48.6 Å². The fraction of sp³-hybridized carbons (Fsp3) is 0.700. The molecule has 72 valence electrons. The van der Waals surface area contributed by atoms with Gasteiger partial charge < -0.3 is 4.52 Å². The quantitative estimate of drug-likeness (QED) is 0.743. The Labute approximate surface area is 86.8 Å². The maximum Gasteiger partial charge on any atom is 0.144 e. The molecule has 3 heteroatoms. The third kappa shape index (κ3) is 1.66. The van der Waals surface area contributed by atoms with Crippen LogP contribution in [0.2, 0.25) is 0 Å². The van der Waals surface area contributed by atoms with E-state index < -0.39 is 0 Å². The number of rotatable bonds is 2. The average Bonchev–Trinajstić information content (AvgIpc) is 2.71. The van der Waals surface area contributed by atoms with Crippen molar-refractivity contribution in [2.75, 3.05) is 0 Å². The average molecular weight is 244 g/mol. The minimum absolute atomic E-state index is 0.633. The number of aromatic nitrogens is 1. The summed E-state index contributed by atoms with van der Waals surface area (Å²) in [7, 11) is 0. The largest absolute Gasteiger partial charge is 0.361 e. The highest BCUT2D eigenvalue weighted by Crippen LogP contribution is 2.37. The lowest BCUT2D eigenvalue weighted by Gasteiger charge is -2.05. The van der Waals surface area contributed by atoms with Gasteiger partial charge in [-0.05, 0) is 19.8 Å². The molecular formula is C10H14BrNO. The van der Waals surface area contributed by atoms with E-state index in [1.807, 2.05) is 6.92 Å². The molecule has 0 atom stereocenters. The van der Waals surface area contributed by atoms with E-state index in [0.29, 0.717) is 5.92 Å². The second-order valence-corrected chi connectivity index (χ2v) is 4.29. The van der Waals surface area contributed by atoms with Gasteiger partial charge in [-0.15, -0.1) is 0 Å². The molecule has 0 N–H and O–H groups in total. The molecule has 2 nitrogen and oxygen atoms in total. The first kappa shape index (κ1) is 9.25. The van der Waals surface area contributed by atoms with Gasteiger partial charge in [-0.3, -0.25) is 0 Å². The lowest BCUT2D eigenvalue weighted by atomic mass is 10.0. The van der Waals surface area contributed by atoms with E-state index in [2.05, 4.69) is 21.1 Å². The molecule has 0 aromatic carbocycles. The van der Waals surface area contributed by atoms with Gasteiger partial charge in [-0.1, -0.05) is 33.9 Å². The van der Waals surface area contributed by atoms with Crippen molar-refractivity contribution in [3.05, 3.63) is 17.0 Å². The van der Waals surface area contributed by atoms with Gasteiger partial charge in [0.2, 0.25) is 0 Å². The van der Waals surface area contributed by atoms with Crippen LogP contribution in [0.15, 0.2) is 4.52 Å². The first-order valence-electron chi connectivity index (χ1n) is 4.84. The Balaban J connectivity index is 2.27. The van der Waals surface area contributed by atoms with Crippen molar-refractivity contribution < 1.29 is 4.52 Å². The molecule has 1 aromatic rings. The van der Waals surface area contributed by atoms with E-state index in [4.69, 9.17) is 4.52 Å². The Morgan fingerprint density at radius 3 is 2.77 bits per heavy atom. The van der Waals surface area contributed by atoms with Gasteiger partial charge in [0, 0.05) is 16.8 Å². The maximum atomic E-state index is 5.39. The molecular weight excluding hydrogens is 230 g/mol. The minimum Gasteiger partial charge on any atom is -0.361 e. The molecule has 1 aromatic heterocycles. The summed E-state index contributed by atoms with van der Waals surface area (Å²) in [4.78, 5) is 0. The Morgan fingerprint density at radius 2 is 2.15 bits per heavy atom. The van der Waals surface area contributed by atoms with Crippen LogP contribution in [0.3, 0.4) is 0 Å². The summed E-state index contributed by atoms with van der Waals surface area (Å²) in [5.74, 6) is 1.76. The van der Waals surface area contributed by atoms with Crippen LogP contribution in [0.5, 0.6) is 0 Å². The summed E-state index contributed by atoms with van der Waals surface area (Å²) in [6.07, 6.45) is 5.22. The number of alkyl halides is 1. The number of hydrogen-bond acceptors (Lipinski definition) is 2. The van der Waals surface area contributed by atoms with E-state index in [0.717, 1.165) is 16.8 Å². The standard InChI is InChI=1S/C10H14BrNO/c1-7-9(6-11)10(13-12-7)8-4-2-3-5-8/h8H,2-6H2,1H3. The van der Waals surface area contributed by atoms with Crippen molar-refractivity contribution in [3.63, 3.8) is 0 Å². The molecule has 0 saturated heterocycles. The zero-order valence-electron chi connectivity index (χ0n) is 7.85. The fourth-order valence-electron chi connectivity index (χ4n) is 2.08. The van der Waals surface area contributed by atoms with Crippen LogP contribution in [0.25, 0.3) is 0 Å². The highest BCUT2D eigenvalue weighted by molar-refractivity contribution is 9.08. The molecule has 2 rings (SSSR count). The number of halogens is 1. The smallest absolute Gasteiger partial charge is 0.144 e. The number of hydrogen-bond donors (Lipinski definition) is 0. The molecule has 1 aliphatic rings. The van der Waals surface area contributed by atoms with Crippen LogP contribution in [0.4, 0.5) is 0 Å². The summed E-state index contributed by atoms with van der Waals surface area (Å²) in [5, 5.41) is 4.90. The molecule has 1 fully saturated rings. The summed E-state index contributed by atoms with van der Waals surface area (Å²) in [6, 6.07) is 0. The van der Waals surface area contributed by atoms with Crippen molar-refractivity contribution in [2.45, 2.75) is 43.9 Å². The maximum absolute atomic E-state index is 5.39. The molecule has 0 amide bonds. The zero-order chi connectivity index (χ0) is 9.26. The van der Waals surface area contributed by atoms with Gasteiger partial charge in [-0.2, -0.15) is 0 Å². The fourth-order valence-corrected chi connectivity index (χ4v) is 2.76. The monoisotopic (exact) mass is 243 g/mol. The van der Waals surface area contributed by atoms with Crippen LogP contribution in [-0.2, 0) is 5.33 Å². The van der Waals surface area contributed by atoms with Gasteiger partial charge in [0.15, 0.2) is 0 Å². The first-order valence-corrected chi connectivity index (χ1v) is 5.96. The molecule has 1 heterocycles. The van der Waals surface area contributed by atoms with Crippen molar-refractivity contribution in [1.29, 1.82) is 0 Å². The number of aryl methyl sites for hydroxylation is 1. The predicted octanol–water partition coefficient (Wildman–Crippen LogP) is 3.54. The highest BCUT2D eigenvalue weighted by atomic mass is 79.9. The van der Waals surface area contributed by atoms with Crippen LogP contribution >= 0.6 is 15.9 Å². The van der Waals surface area contributed by atoms with E-state index in [1.165, 1.54) is 31.2 Å². The summed E-state index contributed by atoms with van der Waals surface area (Å²) < 4.78 is 5.39. The molecule has 0 spiro atoms. The molecule has 13 heavy (non-hydrogen) atoms. The second-order valence-electron chi connectivity index (χ2n) is 3.73. The highest BCUT2D eigenvalue weighted by Gasteiger charge is 2.24. The van der Waals surface area contributed by atoms with E-state index in [-0.39, 0.29) is 0 Å². The van der Waals surface area contributed by atoms with Crippen molar-refractivity contribution in [1.82, 2.24) is 5.16 Å². The predicted molar refractivity (Wildman–Crippen MR) is 55.1 cm³/mol. The zero-order valence-corrected chi connectivity index (χ0v) is 9.43. The van der Waals surface area contributed by atoms with Gasteiger partial charge in [0.25, 0.3) is 0 Å². The number of nitrogens with zero attached hydrogens (tertiary/aromatic N) is 1. The van der Waals surface area contributed by atoms with Crippen molar-refractivity contribution in [2.24, 2.45) is 0 Å². The first-order chi connectivity index (χ1) is 6.33. The van der Waals surface area contributed by atoms with Crippen molar-refractivity contribution >= 4 is 15.9 Å². The van der Waals surface area contributed by atoms with Crippen LogP contribution < -0.4 is 0 Å². The van der Waals surface area contributed by atoms with Crippen LogP contribution in [-0.4, -0.2) is 5.16 Å². The van der Waals surface area contributed by atoms with Gasteiger partial charge in [0.05, 0.1) is 5.69 Å². The normalized spacial score (nSPS) is 18.3. The molecule has 0 unspecified atom stereocenters. The molecule has 1 aliphatic carbocycles. The third-order valence-corrected chi connectivity index (χ3v) is 3.44. The van der Waals surface area contributed by atoms with E-state index in [9.17, 15) is 0 Å². The van der Waals surface area contributed by atoms with E-state index in [1.54, 1.807) is 0 Å². The molecule has 0 bridgehead atoms. The topological polar surface area (TPSA) is 26.0 Å². The second kappa shape index (κ2) is 3.82. The lowest BCUT2D eigenvalue weighted by molar-refractivity contribution is 0.356. The third-order valence-electron chi connectivity index (χ3n) is 2.87. The molecule has 0 aliphatic heterocycles.